The zero-order valence-corrected chi connectivity index (χ0v) is 14.7. The molecule has 3 N–H and O–H groups in total. The summed E-state index contributed by atoms with van der Waals surface area (Å²) < 4.78 is 14.5. The van der Waals surface area contributed by atoms with Crippen LogP contribution in [-0.4, -0.2) is 26.0 Å². The maximum absolute atomic E-state index is 13.7. The van der Waals surface area contributed by atoms with Crippen molar-refractivity contribution in [2.24, 2.45) is 5.73 Å². The van der Waals surface area contributed by atoms with Gasteiger partial charge in [-0.3, -0.25) is 0 Å². The minimum atomic E-state index is -0.471. The van der Waals surface area contributed by atoms with Gasteiger partial charge in [-0.25, -0.2) is 19.3 Å². The highest BCUT2D eigenvalue weighted by Gasteiger charge is 2.17. The summed E-state index contributed by atoms with van der Waals surface area (Å²) in [6, 6.07) is 0.0479. The number of nitrogens with one attached hydrogen (secondary N) is 1. The van der Waals surface area contributed by atoms with E-state index in [9.17, 15) is 4.39 Å². The van der Waals surface area contributed by atoms with Crippen LogP contribution >= 0.6 is 22.9 Å². The number of halogens is 2. The number of fused-ring (bicyclic) bond motifs is 1. The molecule has 0 radical (unpaired) electrons. The molecule has 1 unspecified atom stereocenters. The minimum absolute atomic E-state index is 0.0479. The molecule has 9 heteroatoms. The van der Waals surface area contributed by atoms with Crippen LogP contribution in [0.3, 0.4) is 0 Å². The zero-order chi connectivity index (χ0) is 17.3. The molecule has 0 saturated heterocycles. The van der Waals surface area contributed by atoms with Gasteiger partial charge in [0.15, 0.2) is 5.82 Å². The summed E-state index contributed by atoms with van der Waals surface area (Å²) in [4.78, 5) is 17.3. The number of rotatable bonds is 5. The third-order valence-electron chi connectivity index (χ3n) is 3.51. The van der Waals surface area contributed by atoms with E-state index in [1.807, 2.05) is 13.8 Å². The Morgan fingerprint density at radius 1 is 1.42 bits per heavy atom. The second-order valence-corrected chi connectivity index (χ2v) is 6.96. The quantitative estimate of drug-likeness (QED) is 0.674. The average Bonchev–Trinajstić information content (AvgIpc) is 2.82. The number of nitrogens with zero attached hydrogens (tertiary/aromatic N) is 4. The van der Waals surface area contributed by atoms with Crippen molar-refractivity contribution in [1.29, 1.82) is 0 Å². The summed E-state index contributed by atoms with van der Waals surface area (Å²) in [6.45, 7) is 4.13. The fraction of sp³-hybridized carbons (Fsp3) is 0.333. The molecule has 3 aromatic heterocycles. The van der Waals surface area contributed by atoms with Gasteiger partial charge in [-0.05, 0) is 37.4 Å². The van der Waals surface area contributed by atoms with Crippen LogP contribution in [0.2, 0.25) is 5.28 Å². The van der Waals surface area contributed by atoms with Crippen LogP contribution in [0.25, 0.3) is 10.2 Å². The molecule has 3 aromatic rings. The van der Waals surface area contributed by atoms with Crippen molar-refractivity contribution >= 4 is 39.0 Å². The highest BCUT2D eigenvalue weighted by Crippen LogP contribution is 2.35. The lowest BCUT2D eigenvalue weighted by Gasteiger charge is -2.07. The number of anilines is 1. The van der Waals surface area contributed by atoms with Gasteiger partial charge in [0.1, 0.15) is 12.1 Å². The van der Waals surface area contributed by atoms with E-state index in [0.29, 0.717) is 5.82 Å². The number of hydrogen-bond acceptors (Lipinski definition) is 7. The Hall–Kier alpha value is -1.90. The molecule has 3 rings (SSSR count). The van der Waals surface area contributed by atoms with Crippen molar-refractivity contribution in [2.45, 2.75) is 32.9 Å². The Bertz CT molecular complexity index is 882. The summed E-state index contributed by atoms with van der Waals surface area (Å²) >= 11 is 7.62. The molecule has 0 aliphatic rings. The molecule has 126 valence electrons. The van der Waals surface area contributed by atoms with Gasteiger partial charge in [0.2, 0.25) is 5.28 Å². The largest absolute Gasteiger partial charge is 0.363 e. The van der Waals surface area contributed by atoms with Gasteiger partial charge in [0, 0.05) is 10.9 Å². The number of hydrogen-bond donors (Lipinski definition) is 2. The Morgan fingerprint density at radius 3 is 2.92 bits per heavy atom. The lowest BCUT2D eigenvalue weighted by molar-refractivity contribution is 0.594. The summed E-state index contributed by atoms with van der Waals surface area (Å²) in [5.41, 5.74) is 8.01. The fourth-order valence-electron chi connectivity index (χ4n) is 2.35. The molecule has 6 nitrogen and oxygen atoms in total. The van der Waals surface area contributed by atoms with E-state index in [1.165, 1.54) is 6.33 Å². The first-order chi connectivity index (χ1) is 11.5. The SMILES string of the molecule is Cc1c(CC(C)N)sc2c(NCc3ncncc3F)nc(Cl)nc12. The second kappa shape index (κ2) is 6.92. The van der Waals surface area contributed by atoms with E-state index in [1.54, 1.807) is 11.3 Å². The molecule has 0 saturated carbocycles. The van der Waals surface area contributed by atoms with Crippen LogP contribution in [0, 0.1) is 12.7 Å². The Balaban J connectivity index is 1.96. The molecule has 1 atom stereocenters. The maximum Gasteiger partial charge on any atom is 0.224 e. The predicted molar refractivity (Wildman–Crippen MR) is 93.8 cm³/mol. The summed E-state index contributed by atoms with van der Waals surface area (Å²) in [5.74, 6) is 0.0911. The van der Waals surface area contributed by atoms with Gasteiger partial charge in [0.25, 0.3) is 0 Å². The van der Waals surface area contributed by atoms with Gasteiger partial charge < -0.3 is 11.1 Å². The van der Waals surface area contributed by atoms with Crippen molar-refractivity contribution in [1.82, 2.24) is 19.9 Å². The minimum Gasteiger partial charge on any atom is -0.363 e. The van der Waals surface area contributed by atoms with Crippen LogP contribution in [0.4, 0.5) is 10.2 Å². The maximum atomic E-state index is 13.7. The van der Waals surface area contributed by atoms with Crippen LogP contribution < -0.4 is 11.1 Å². The molecule has 24 heavy (non-hydrogen) atoms. The monoisotopic (exact) mass is 366 g/mol. The van der Waals surface area contributed by atoms with Gasteiger partial charge in [-0.15, -0.1) is 11.3 Å². The molecule has 0 bridgehead atoms. The zero-order valence-electron chi connectivity index (χ0n) is 13.2. The van der Waals surface area contributed by atoms with E-state index in [-0.39, 0.29) is 23.6 Å². The van der Waals surface area contributed by atoms with E-state index >= 15 is 0 Å². The predicted octanol–water partition coefficient (Wildman–Crippen LogP) is 3.08. The molecule has 3 heterocycles. The lowest BCUT2D eigenvalue weighted by Crippen LogP contribution is -2.17. The van der Waals surface area contributed by atoms with Gasteiger partial charge >= 0.3 is 0 Å². The third-order valence-corrected chi connectivity index (χ3v) is 4.99. The fourth-order valence-corrected chi connectivity index (χ4v) is 3.87. The standard InChI is InChI=1S/C15H16ClFN6S/c1-7(18)3-11-8(2)12-13(24-11)14(23-15(16)22-12)20-5-10-9(17)4-19-6-21-10/h4,6-7H,3,5,18H2,1-2H3,(H,20,22,23). The smallest absolute Gasteiger partial charge is 0.224 e. The van der Waals surface area contributed by atoms with E-state index < -0.39 is 5.82 Å². The van der Waals surface area contributed by atoms with Crippen molar-refractivity contribution in [2.75, 3.05) is 5.32 Å². The lowest BCUT2D eigenvalue weighted by atomic mass is 10.1. The molecular formula is C15H16ClFN6S. The average molecular weight is 367 g/mol. The summed E-state index contributed by atoms with van der Waals surface area (Å²) in [7, 11) is 0. The van der Waals surface area contributed by atoms with Crippen LogP contribution in [0.5, 0.6) is 0 Å². The Morgan fingerprint density at radius 2 is 2.21 bits per heavy atom. The van der Waals surface area contributed by atoms with E-state index in [0.717, 1.165) is 33.3 Å². The van der Waals surface area contributed by atoms with Gasteiger partial charge in [0.05, 0.1) is 28.7 Å². The van der Waals surface area contributed by atoms with Gasteiger partial charge in [-0.2, -0.15) is 4.98 Å². The molecule has 0 spiro atoms. The number of aryl methyl sites for hydroxylation is 1. The first kappa shape index (κ1) is 16.9. The Kier molecular flexibility index (Phi) is 4.88. The second-order valence-electron chi connectivity index (χ2n) is 5.52. The Labute approximate surface area is 147 Å². The van der Waals surface area contributed by atoms with E-state index in [4.69, 9.17) is 17.3 Å². The number of nitrogens with two attached hydrogens (primary N) is 1. The molecule has 0 aliphatic heterocycles. The normalized spacial score (nSPS) is 12.5. The van der Waals surface area contributed by atoms with Crippen molar-refractivity contribution in [3.63, 3.8) is 0 Å². The number of aromatic nitrogens is 4. The van der Waals surface area contributed by atoms with Crippen LogP contribution in [0.1, 0.15) is 23.1 Å². The topological polar surface area (TPSA) is 89.6 Å². The third kappa shape index (κ3) is 3.45. The van der Waals surface area contributed by atoms with Crippen molar-refractivity contribution in [3.05, 3.63) is 39.8 Å². The van der Waals surface area contributed by atoms with Crippen LogP contribution in [-0.2, 0) is 13.0 Å². The van der Waals surface area contributed by atoms with Gasteiger partial charge in [-0.1, -0.05) is 0 Å². The summed E-state index contributed by atoms with van der Waals surface area (Å²) in [6.07, 6.45) is 3.19. The highest BCUT2D eigenvalue weighted by molar-refractivity contribution is 7.19. The molecule has 0 aromatic carbocycles. The molecule has 0 fully saturated rings. The van der Waals surface area contributed by atoms with Crippen molar-refractivity contribution in [3.8, 4) is 0 Å². The highest BCUT2D eigenvalue weighted by atomic mass is 35.5. The van der Waals surface area contributed by atoms with Crippen LogP contribution in [0.15, 0.2) is 12.5 Å². The first-order valence-corrected chi connectivity index (χ1v) is 8.54. The number of thiophene rings is 1. The molecule has 0 aliphatic carbocycles. The van der Waals surface area contributed by atoms with Crippen molar-refractivity contribution < 1.29 is 4.39 Å². The molecular weight excluding hydrogens is 351 g/mol. The first-order valence-electron chi connectivity index (χ1n) is 7.35. The summed E-state index contributed by atoms with van der Waals surface area (Å²) in [5, 5.41) is 3.23. The van der Waals surface area contributed by atoms with E-state index in [2.05, 4.69) is 25.3 Å². The molecule has 0 amide bonds.